The summed E-state index contributed by atoms with van der Waals surface area (Å²) in [7, 11) is 3.34. The fourth-order valence-electron chi connectivity index (χ4n) is 1.26. The molecule has 1 aromatic rings. The molecule has 0 N–H and O–H groups in total. The lowest BCUT2D eigenvalue weighted by molar-refractivity contribution is 0.0601. The summed E-state index contributed by atoms with van der Waals surface area (Å²) in [4.78, 5) is 13.4. The molecule has 1 rings (SSSR count). The Kier molecular flexibility index (Phi) is 3.51. The highest BCUT2D eigenvalue weighted by Crippen LogP contribution is 2.19. The normalized spacial score (nSPS) is 9.64. The molecule has 0 saturated carbocycles. The molecule has 0 unspecified atom stereocenters. The largest absolute Gasteiger partial charge is 0.465 e. The minimum absolute atomic E-state index is 0.291. The van der Waals surface area contributed by atoms with Crippen LogP contribution in [0.25, 0.3) is 0 Å². The molecule has 3 nitrogen and oxygen atoms in total. The Morgan fingerprint density at radius 2 is 2.07 bits per heavy atom. The van der Waals surface area contributed by atoms with Crippen LogP contribution in [0.3, 0.4) is 0 Å². The van der Waals surface area contributed by atoms with Crippen LogP contribution in [0.5, 0.6) is 0 Å². The molecule has 76 valence electrons. The molecule has 1 aromatic carbocycles. The van der Waals surface area contributed by atoms with Crippen molar-refractivity contribution in [2.24, 2.45) is 0 Å². The van der Waals surface area contributed by atoms with Crippen LogP contribution in [0.4, 0.5) is 5.69 Å². The molecular weight excluding hydrogens is 178 g/mol. The van der Waals surface area contributed by atoms with Crippen LogP contribution in [0.1, 0.15) is 17.3 Å². The van der Waals surface area contributed by atoms with Gasteiger partial charge in [0, 0.05) is 13.6 Å². The highest BCUT2D eigenvalue weighted by Gasteiger charge is 2.12. The van der Waals surface area contributed by atoms with Gasteiger partial charge in [0.1, 0.15) is 0 Å². The Balaban J connectivity index is 3.09. The summed E-state index contributed by atoms with van der Waals surface area (Å²) in [6.45, 7) is 2.89. The van der Waals surface area contributed by atoms with Gasteiger partial charge in [-0.1, -0.05) is 12.1 Å². The number of anilines is 1. The Labute approximate surface area is 84.3 Å². The second-order valence-electron chi connectivity index (χ2n) is 3.02. The Morgan fingerprint density at radius 1 is 1.43 bits per heavy atom. The molecule has 0 bridgehead atoms. The molecule has 0 amide bonds. The SMILES string of the molecule is CCN(C)c1ccccc1C(=O)OC. The number of carbonyl (C=O) groups excluding carboxylic acids is 1. The summed E-state index contributed by atoms with van der Waals surface area (Å²) >= 11 is 0. The second kappa shape index (κ2) is 4.65. The van der Waals surface area contributed by atoms with Gasteiger partial charge in [-0.15, -0.1) is 0 Å². The summed E-state index contributed by atoms with van der Waals surface area (Å²) < 4.78 is 4.71. The minimum Gasteiger partial charge on any atom is -0.465 e. The molecular formula is C11H15NO2. The van der Waals surface area contributed by atoms with E-state index >= 15 is 0 Å². The summed E-state index contributed by atoms with van der Waals surface area (Å²) in [6.07, 6.45) is 0. The third kappa shape index (κ3) is 2.05. The highest BCUT2D eigenvalue weighted by atomic mass is 16.5. The second-order valence-corrected chi connectivity index (χ2v) is 3.02. The summed E-state index contributed by atoms with van der Waals surface area (Å²) in [5.41, 5.74) is 1.52. The summed E-state index contributed by atoms with van der Waals surface area (Å²) in [6, 6.07) is 7.43. The van der Waals surface area contributed by atoms with Gasteiger partial charge in [0.15, 0.2) is 0 Å². The molecule has 0 aliphatic heterocycles. The molecule has 0 saturated heterocycles. The molecule has 0 aliphatic rings. The number of para-hydroxylation sites is 1. The number of ether oxygens (including phenoxy) is 1. The lowest BCUT2D eigenvalue weighted by atomic mass is 10.1. The predicted octanol–water partition coefficient (Wildman–Crippen LogP) is 1.93. The van der Waals surface area contributed by atoms with E-state index < -0.39 is 0 Å². The summed E-state index contributed by atoms with van der Waals surface area (Å²) in [5, 5.41) is 0. The first-order valence-electron chi connectivity index (χ1n) is 4.59. The number of esters is 1. The lowest BCUT2D eigenvalue weighted by Crippen LogP contribution is -2.19. The van der Waals surface area contributed by atoms with Crippen molar-refractivity contribution in [3.05, 3.63) is 29.8 Å². The lowest BCUT2D eigenvalue weighted by Gasteiger charge is -2.19. The molecule has 0 radical (unpaired) electrons. The Hall–Kier alpha value is -1.51. The third-order valence-electron chi connectivity index (χ3n) is 2.19. The summed E-state index contributed by atoms with van der Waals surface area (Å²) in [5.74, 6) is -0.291. The van der Waals surface area contributed by atoms with E-state index in [0.29, 0.717) is 5.56 Å². The smallest absolute Gasteiger partial charge is 0.339 e. The van der Waals surface area contributed by atoms with Crippen LogP contribution in [0.2, 0.25) is 0 Å². The number of rotatable bonds is 3. The Morgan fingerprint density at radius 3 is 2.64 bits per heavy atom. The van der Waals surface area contributed by atoms with Crippen molar-refractivity contribution >= 4 is 11.7 Å². The average molecular weight is 193 g/mol. The quantitative estimate of drug-likeness (QED) is 0.687. The minimum atomic E-state index is -0.291. The van der Waals surface area contributed by atoms with Gasteiger partial charge in [0.25, 0.3) is 0 Å². The van der Waals surface area contributed by atoms with Crippen LogP contribution in [-0.2, 0) is 4.74 Å². The van der Waals surface area contributed by atoms with Crippen molar-refractivity contribution in [1.29, 1.82) is 0 Å². The number of carbonyl (C=O) groups is 1. The van der Waals surface area contributed by atoms with Crippen molar-refractivity contribution in [1.82, 2.24) is 0 Å². The van der Waals surface area contributed by atoms with E-state index in [1.165, 1.54) is 7.11 Å². The monoisotopic (exact) mass is 193 g/mol. The van der Waals surface area contributed by atoms with E-state index in [9.17, 15) is 4.79 Å². The average Bonchev–Trinajstić information content (AvgIpc) is 2.27. The van der Waals surface area contributed by atoms with Crippen molar-refractivity contribution in [2.75, 3.05) is 25.6 Å². The zero-order valence-electron chi connectivity index (χ0n) is 8.78. The van der Waals surface area contributed by atoms with E-state index in [0.717, 1.165) is 12.2 Å². The number of nitrogens with zero attached hydrogens (tertiary/aromatic N) is 1. The Bertz CT molecular complexity index is 323. The van der Waals surface area contributed by atoms with Crippen molar-refractivity contribution < 1.29 is 9.53 Å². The first-order chi connectivity index (χ1) is 6.70. The third-order valence-corrected chi connectivity index (χ3v) is 2.19. The zero-order chi connectivity index (χ0) is 10.6. The molecule has 0 spiro atoms. The van der Waals surface area contributed by atoms with Gasteiger partial charge in [-0.25, -0.2) is 4.79 Å². The molecule has 0 aliphatic carbocycles. The van der Waals surface area contributed by atoms with Gasteiger partial charge in [0.05, 0.1) is 18.4 Å². The molecule has 0 heterocycles. The number of hydrogen-bond acceptors (Lipinski definition) is 3. The first-order valence-corrected chi connectivity index (χ1v) is 4.59. The molecule has 0 fully saturated rings. The maximum Gasteiger partial charge on any atom is 0.339 e. The van der Waals surface area contributed by atoms with Gasteiger partial charge < -0.3 is 9.64 Å². The van der Waals surface area contributed by atoms with E-state index in [1.54, 1.807) is 6.07 Å². The maximum absolute atomic E-state index is 11.4. The van der Waals surface area contributed by atoms with Crippen LogP contribution < -0.4 is 4.90 Å². The van der Waals surface area contributed by atoms with E-state index in [-0.39, 0.29) is 5.97 Å². The van der Waals surface area contributed by atoms with Crippen LogP contribution in [-0.4, -0.2) is 26.7 Å². The fourth-order valence-corrected chi connectivity index (χ4v) is 1.26. The molecule has 3 heteroatoms. The maximum atomic E-state index is 11.4. The standard InChI is InChI=1S/C11H15NO2/c1-4-12(2)10-8-6-5-7-9(10)11(13)14-3/h5-8H,4H2,1-3H3. The highest BCUT2D eigenvalue weighted by molar-refractivity contribution is 5.95. The first kappa shape index (κ1) is 10.6. The van der Waals surface area contributed by atoms with Crippen LogP contribution in [0.15, 0.2) is 24.3 Å². The topological polar surface area (TPSA) is 29.5 Å². The van der Waals surface area contributed by atoms with Crippen LogP contribution >= 0.6 is 0 Å². The number of hydrogen-bond donors (Lipinski definition) is 0. The van der Waals surface area contributed by atoms with Gasteiger partial charge in [-0.05, 0) is 19.1 Å². The van der Waals surface area contributed by atoms with Crippen molar-refractivity contribution in [3.8, 4) is 0 Å². The fraction of sp³-hybridized carbons (Fsp3) is 0.364. The van der Waals surface area contributed by atoms with Crippen molar-refractivity contribution in [3.63, 3.8) is 0 Å². The van der Waals surface area contributed by atoms with Gasteiger partial charge in [-0.3, -0.25) is 0 Å². The number of methoxy groups -OCH3 is 1. The van der Waals surface area contributed by atoms with E-state index in [1.807, 2.05) is 37.1 Å². The van der Waals surface area contributed by atoms with E-state index in [2.05, 4.69) is 0 Å². The van der Waals surface area contributed by atoms with E-state index in [4.69, 9.17) is 4.74 Å². The molecule has 0 atom stereocenters. The van der Waals surface area contributed by atoms with Gasteiger partial charge >= 0.3 is 5.97 Å². The predicted molar refractivity (Wildman–Crippen MR) is 56.7 cm³/mol. The van der Waals surface area contributed by atoms with Gasteiger partial charge in [0.2, 0.25) is 0 Å². The van der Waals surface area contributed by atoms with Crippen molar-refractivity contribution in [2.45, 2.75) is 6.92 Å². The molecule has 14 heavy (non-hydrogen) atoms. The zero-order valence-corrected chi connectivity index (χ0v) is 8.78. The van der Waals surface area contributed by atoms with Gasteiger partial charge in [-0.2, -0.15) is 0 Å². The molecule has 0 aromatic heterocycles. The number of benzene rings is 1. The van der Waals surface area contributed by atoms with Crippen LogP contribution in [0, 0.1) is 0 Å².